The SMILES string of the molecule is C=C(C)C(=O)OCCC[Si](C)(C)OCc1ccccc1. The standard InChI is InChI=1S/C16H24O3Si/c1-14(2)16(17)18-11-8-12-20(3,4)19-13-15-9-6-5-7-10-15/h5-7,9-10H,1,8,11-13H2,2-4H3. The van der Waals surface area contributed by atoms with Gasteiger partial charge in [0.15, 0.2) is 8.32 Å². The van der Waals surface area contributed by atoms with Crippen LogP contribution in [-0.2, 0) is 20.6 Å². The van der Waals surface area contributed by atoms with Gasteiger partial charge >= 0.3 is 5.97 Å². The molecule has 0 aliphatic rings. The Morgan fingerprint density at radius 1 is 1.25 bits per heavy atom. The number of ether oxygens (including phenoxy) is 1. The predicted octanol–water partition coefficient (Wildman–Crippen LogP) is 3.92. The van der Waals surface area contributed by atoms with Gasteiger partial charge in [0.25, 0.3) is 0 Å². The molecule has 0 amide bonds. The van der Waals surface area contributed by atoms with Crippen LogP contribution in [0.15, 0.2) is 42.5 Å². The monoisotopic (exact) mass is 292 g/mol. The quantitative estimate of drug-likeness (QED) is 0.315. The van der Waals surface area contributed by atoms with Gasteiger partial charge in [0.2, 0.25) is 0 Å². The van der Waals surface area contributed by atoms with Crippen molar-refractivity contribution in [2.75, 3.05) is 6.61 Å². The Bertz CT molecular complexity index is 440. The fraction of sp³-hybridized carbons (Fsp3) is 0.438. The van der Waals surface area contributed by atoms with Gasteiger partial charge in [-0.1, -0.05) is 36.9 Å². The number of carbonyl (C=O) groups excluding carboxylic acids is 1. The van der Waals surface area contributed by atoms with Gasteiger partial charge in [0, 0.05) is 5.57 Å². The van der Waals surface area contributed by atoms with Crippen molar-refractivity contribution in [3.63, 3.8) is 0 Å². The number of rotatable bonds is 8. The van der Waals surface area contributed by atoms with Crippen LogP contribution >= 0.6 is 0 Å². The summed E-state index contributed by atoms with van der Waals surface area (Å²) in [5.74, 6) is -0.310. The van der Waals surface area contributed by atoms with Gasteiger partial charge in [-0.2, -0.15) is 0 Å². The maximum Gasteiger partial charge on any atom is 0.333 e. The number of carbonyl (C=O) groups is 1. The third kappa shape index (κ3) is 6.68. The van der Waals surface area contributed by atoms with Crippen molar-refractivity contribution in [2.24, 2.45) is 0 Å². The molecule has 0 heterocycles. The molecule has 0 N–H and O–H groups in total. The molecule has 110 valence electrons. The molecule has 4 heteroatoms. The summed E-state index contributed by atoms with van der Waals surface area (Å²) in [5, 5.41) is 0. The van der Waals surface area contributed by atoms with Crippen LogP contribution in [0.1, 0.15) is 18.9 Å². The molecule has 3 nitrogen and oxygen atoms in total. The van der Waals surface area contributed by atoms with Crippen LogP contribution in [0.2, 0.25) is 19.1 Å². The third-order valence-electron chi connectivity index (χ3n) is 2.98. The van der Waals surface area contributed by atoms with Crippen molar-refractivity contribution >= 4 is 14.3 Å². The van der Waals surface area contributed by atoms with E-state index in [1.807, 2.05) is 18.2 Å². The second-order valence-electron chi connectivity index (χ2n) is 5.55. The molecule has 0 unspecified atom stereocenters. The summed E-state index contributed by atoms with van der Waals surface area (Å²) in [7, 11) is -1.70. The zero-order valence-corrected chi connectivity index (χ0v) is 13.6. The molecular weight excluding hydrogens is 268 g/mol. The summed E-state index contributed by atoms with van der Waals surface area (Å²) in [6, 6.07) is 11.2. The summed E-state index contributed by atoms with van der Waals surface area (Å²) in [6.07, 6.45) is 0.840. The Morgan fingerprint density at radius 2 is 1.90 bits per heavy atom. The van der Waals surface area contributed by atoms with E-state index in [0.717, 1.165) is 12.5 Å². The predicted molar refractivity (Wildman–Crippen MR) is 83.9 cm³/mol. The maximum atomic E-state index is 11.2. The first-order valence-corrected chi connectivity index (χ1v) is 10.0. The first-order valence-electron chi connectivity index (χ1n) is 6.91. The van der Waals surface area contributed by atoms with Crippen molar-refractivity contribution in [2.45, 2.75) is 39.1 Å². The second-order valence-corrected chi connectivity index (χ2v) is 9.86. The molecule has 1 aromatic carbocycles. The molecule has 0 saturated heterocycles. The highest BCUT2D eigenvalue weighted by atomic mass is 28.4. The lowest BCUT2D eigenvalue weighted by atomic mass is 10.2. The smallest absolute Gasteiger partial charge is 0.333 e. The normalized spacial score (nSPS) is 11.2. The molecule has 0 spiro atoms. The minimum atomic E-state index is -1.70. The van der Waals surface area contributed by atoms with Gasteiger partial charge in [0.1, 0.15) is 0 Å². The Hall–Kier alpha value is -1.39. The van der Waals surface area contributed by atoms with Gasteiger partial charge in [-0.15, -0.1) is 0 Å². The zero-order valence-electron chi connectivity index (χ0n) is 12.6. The summed E-state index contributed by atoms with van der Waals surface area (Å²) in [6.45, 7) is 10.7. The highest BCUT2D eigenvalue weighted by molar-refractivity contribution is 6.71. The summed E-state index contributed by atoms with van der Waals surface area (Å²) < 4.78 is 11.1. The largest absolute Gasteiger partial charge is 0.462 e. The summed E-state index contributed by atoms with van der Waals surface area (Å²) in [5.41, 5.74) is 1.64. The van der Waals surface area contributed by atoms with E-state index in [4.69, 9.17) is 9.16 Å². The van der Waals surface area contributed by atoms with Crippen LogP contribution in [0.5, 0.6) is 0 Å². The van der Waals surface area contributed by atoms with E-state index < -0.39 is 8.32 Å². The third-order valence-corrected chi connectivity index (χ3v) is 5.46. The molecule has 0 fully saturated rings. The van der Waals surface area contributed by atoms with Gasteiger partial charge in [0.05, 0.1) is 13.2 Å². The first-order chi connectivity index (χ1) is 9.41. The first kappa shape index (κ1) is 16.7. The highest BCUT2D eigenvalue weighted by Gasteiger charge is 2.22. The Labute approximate surface area is 122 Å². The van der Waals surface area contributed by atoms with E-state index in [1.165, 1.54) is 5.56 Å². The lowest BCUT2D eigenvalue weighted by Crippen LogP contribution is -2.30. The van der Waals surface area contributed by atoms with Crippen LogP contribution in [-0.4, -0.2) is 20.9 Å². The Balaban J connectivity index is 2.24. The lowest BCUT2D eigenvalue weighted by Gasteiger charge is -2.22. The summed E-state index contributed by atoms with van der Waals surface area (Å²) in [4.78, 5) is 11.2. The molecule has 0 atom stereocenters. The van der Waals surface area contributed by atoms with Crippen molar-refractivity contribution in [3.8, 4) is 0 Å². The average Bonchev–Trinajstić information content (AvgIpc) is 2.42. The highest BCUT2D eigenvalue weighted by Crippen LogP contribution is 2.16. The fourth-order valence-corrected chi connectivity index (χ4v) is 3.41. The Kier molecular flexibility index (Phi) is 6.68. The van der Waals surface area contributed by atoms with Crippen LogP contribution < -0.4 is 0 Å². The molecule has 1 rings (SSSR count). The van der Waals surface area contributed by atoms with E-state index >= 15 is 0 Å². The number of esters is 1. The minimum Gasteiger partial charge on any atom is -0.462 e. The molecule has 0 radical (unpaired) electrons. The lowest BCUT2D eigenvalue weighted by molar-refractivity contribution is -0.138. The van der Waals surface area contributed by atoms with E-state index in [1.54, 1.807) is 6.92 Å². The summed E-state index contributed by atoms with van der Waals surface area (Å²) >= 11 is 0. The molecular formula is C16H24O3Si. The van der Waals surface area contributed by atoms with Crippen LogP contribution in [0, 0.1) is 0 Å². The molecule has 0 bridgehead atoms. The topological polar surface area (TPSA) is 35.5 Å². The van der Waals surface area contributed by atoms with Crippen molar-refractivity contribution < 1.29 is 14.0 Å². The van der Waals surface area contributed by atoms with Crippen LogP contribution in [0.3, 0.4) is 0 Å². The molecule has 20 heavy (non-hydrogen) atoms. The second kappa shape index (κ2) is 8.02. The van der Waals surface area contributed by atoms with E-state index in [-0.39, 0.29) is 5.97 Å². The van der Waals surface area contributed by atoms with Crippen LogP contribution in [0.4, 0.5) is 0 Å². The molecule has 1 aromatic rings. The van der Waals surface area contributed by atoms with Gasteiger partial charge in [-0.05, 0) is 38.0 Å². The molecule has 0 aliphatic heterocycles. The number of hydrogen-bond donors (Lipinski definition) is 0. The Morgan fingerprint density at radius 3 is 2.50 bits per heavy atom. The average molecular weight is 292 g/mol. The van der Waals surface area contributed by atoms with Gasteiger partial charge in [-0.25, -0.2) is 4.79 Å². The maximum absolute atomic E-state index is 11.2. The van der Waals surface area contributed by atoms with Gasteiger partial charge in [-0.3, -0.25) is 0 Å². The van der Waals surface area contributed by atoms with E-state index in [2.05, 4.69) is 31.8 Å². The van der Waals surface area contributed by atoms with Crippen LogP contribution in [0.25, 0.3) is 0 Å². The molecule has 0 saturated carbocycles. The van der Waals surface area contributed by atoms with E-state index in [0.29, 0.717) is 18.8 Å². The fourth-order valence-electron chi connectivity index (χ4n) is 1.71. The minimum absolute atomic E-state index is 0.310. The number of benzene rings is 1. The zero-order chi connectivity index (χ0) is 15.0. The molecule has 0 aliphatic carbocycles. The molecule has 0 aromatic heterocycles. The van der Waals surface area contributed by atoms with Gasteiger partial charge < -0.3 is 9.16 Å². The van der Waals surface area contributed by atoms with E-state index in [9.17, 15) is 4.79 Å². The number of hydrogen-bond acceptors (Lipinski definition) is 3. The van der Waals surface area contributed by atoms with Crippen molar-refractivity contribution in [1.82, 2.24) is 0 Å². The van der Waals surface area contributed by atoms with Crippen molar-refractivity contribution in [3.05, 3.63) is 48.0 Å². The van der Waals surface area contributed by atoms with Crippen molar-refractivity contribution in [1.29, 1.82) is 0 Å².